The van der Waals surface area contributed by atoms with Crippen molar-refractivity contribution in [3.63, 3.8) is 0 Å². The lowest BCUT2D eigenvalue weighted by molar-refractivity contribution is -0.118. The first-order chi connectivity index (χ1) is 16.2. The molecular formula is C28H43N5O. The molecule has 2 atom stereocenters. The fraction of sp³-hybridized carbons (Fsp3) is 0.643. The van der Waals surface area contributed by atoms with Crippen LogP contribution in [0.3, 0.4) is 0 Å². The molecule has 4 rings (SSSR count). The fourth-order valence-corrected chi connectivity index (χ4v) is 5.82. The molecule has 186 valence electrons. The predicted octanol–water partition coefficient (Wildman–Crippen LogP) is 4.59. The van der Waals surface area contributed by atoms with E-state index in [1.807, 2.05) is 12.5 Å². The molecule has 1 aliphatic carbocycles. The van der Waals surface area contributed by atoms with E-state index in [2.05, 4.69) is 71.8 Å². The number of hydrogen-bond acceptors (Lipinski definition) is 4. The molecule has 1 fully saturated rings. The molecule has 0 saturated carbocycles. The van der Waals surface area contributed by atoms with E-state index in [0.717, 1.165) is 38.6 Å². The number of amides is 1. The molecule has 1 amide bonds. The van der Waals surface area contributed by atoms with Crippen molar-refractivity contribution in [1.82, 2.24) is 19.8 Å². The number of anilines is 1. The normalized spacial score (nSPS) is 19.7. The van der Waals surface area contributed by atoms with Crippen LogP contribution < -0.4 is 10.6 Å². The van der Waals surface area contributed by atoms with Crippen LogP contribution >= 0.6 is 0 Å². The van der Waals surface area contributed by atoms with Crippen molar-refractivity contribution in [2.45, 2.75) is 97.2 Å². The van der Waals surface area contributed by atoms with E-state index in [1.54, 1.807) is 0 Å². The minimum Gasteiger partial charge on any atom is -0.328 e. The van der Waals surface area contributed by atoms with Gasteiger partial charge in [0, 0.05) is 18.8 Å². The van der Waals surface area contributed by atoms with E-state index in [9.17, 15) is 4.79 Å². The zero-order valence-electron chi connectivity index (χ0n) is 21.8. The Bertz CT molecular complexity index is 989. The molecule has 2 aliphatic rings. The standard InChI is InChI=1S/C28H43N5O/c1-6-9-25(30-23-10-11-24-21(3)14-20(2)15-22(24)16-23)27(34)31-26-17-33(19-29-26)28(4,5)18-32-12-7-8-13-32/h14-15,17,19,23,25,30H,6-13,16,18H2,1-5H3,(H,31,34). The summed E-state index contributed by atoms with van der Waals surface area (Å²) in [6.45, 7) is 14.4. The van der Waals surface area contributed by atoms with Crippen molar-refractivity contribution < 1.29 is 4.79 Å². The largest absolute Gasteiger partial charge is 0.328 e. The molecule has 1 aromatic carbocycles. The fourth-order valence-electron chi connectivity index (χ4n) is 5.82. The highest BCUT2D eigenvalue weighted by Crippen LogP contribution is 2.27. The van der Waals surface area contributed by atoms with Crippen LogP contribution in [0, 0.1) is 13.8 Å². The Hall–Kier alpha value is -2.18. The molecule has 1 aliphatic heterocycles. The molecular weight excluding hydrogens is 422 g/mol. The second kappa shape index (κ2) is 10.6. The van der Waals surface area contributed by atoms with Crippen molar-refractivity contribution in [3.05, 3.63) is 46.9 Å². The Labute approximate surface area is 205 Å². The molecule has 2 unspecified atom stereocenters. The Morgan fingerprint density at radius 1 is 1.24 bits per heavy atom. The first kappa shape index (κ1) is 24.9. The molecule has 1 saturated heterocycles. The van der Waals surface area contributed by atoms with E-state index in [0.29, 0.717) is 11.9 Å². The highest BCUT2D eigenvalue weighted by atomic mass is 16.2. The van der Waals surface area contributed by atoms with Gasteiger partial charge in [-0.2, -0.15) is 0 Å². The lowest BCUT2D eigenvalue weighted by Crippen LogP contribution is -2.47. The van der Waals surface area contributed by atoms with E-state index < -0.39 is 0 Å². The minimum atomic E-state index is -0.204. The smallest absolute Gasteiger partial charge is 0.242 e. The summed E-state index contributed by atoms with van der Waals surface area (Å²) in [5.41, 5.74) is 5.60. The van der Waals surface area contributed by atoms with Crippen LogP contribution in [0.15, 0.2) is 24.7 Å². The number of nitrogens with zero attached hydrogens (tertiary/aromatic N) is 3. The number of aryl methyl sites for hydroxylation is 2. The number of carbonyl (C=O) groups is 1. The van der Waals surface area contributed by atoms with E-state index >= 15 is 0 Å². The van der Waals surface area contributed by atoms with Crippen molar-refractivity contribution in [2.75, 3.05) is 25.0 Å². The van der Waals surface area contributed by atoms with Gasteiger partial charge in [-0.3, -0.25) is 4.79 Å². The summed E-state index contributed by atoms with van der Waals surface area (Å²) < 4.78 is 2.14. The number of benzene rings is 1. The van der Waals surface area contributed by atoms with Gasteiger partial charge in [-0.15, -0.1) is 0 Å². The Morgan fingerprint density at radius 3 is 2.74 bits per heavy atom. The molecule has 6 nitrogen and oxygen atoms in total. The van der Waals surface area contributed by atoms with Gasteiger partial charge in [0.2, 0.25) is 5.91 Å². The molecule has 0 spiro atoms. The van der Waals surface area contributed by atoms with Crippen molar-refractivity contribution in [1.29, 1.82) is 0 Å². The second-order valence-electron chi connectivity index (χ2n) is 11.1. The molecule has 2 heterocycles. The van der Waals surface area contributed by atoms with Crippen LogP contribution in [0.4, 0.5) is 5.82 Å². The Kier molecular flexibility index (Phi) is 7.78. The molecule has 34 heavy (non-hydrogen) atoms. The van der Waals surface area contributed by atoms with Gasteiger partial charge < -0.3 is 20.1 Å². The second-order valence-corrected chi connectivity index (χ2v) is 11.1. The average Bonchev–Trinajstić information content (AvgIpc) is 3.45. The predicted molar refractivity (Wildman–Crippen MR) is 139 cm³/mol. The SMILES string of the molecule is CCCC(NC1CCc2c(C)cc(C)cc2C1)C(=O)Nc1cn(C(C)(C)CN2CCCC2)cn1. The quantitative estimate of drug-likeness (QED) is 0.569. The number of hydrogen-bond donors (Lipinski definition) is 2. The number of fused-ring (bicyclic) bond motifs is 1. The minimum absolute atomic E-state index is 0.0238. The number of carbonyl (C=O) groups excluding carboxylic acids is 1. The van der Waals surface area contributed by atoms with Crippen LogP contribution in [0.2, 0.25) is 0 Å². The van der Waals surface area contributed by atoms with Gasteiger partial charge in [0.25, 0.3) is 0 Å². The summed E-state index contributed by atoms with van der Waals surface area (Å²) in [5, 5.41) is 6.78. The van der Waals surface area contributed by atoms with E-state index in [1.165, 1.54) is 48.2 Å². The van der Waals surface area contributed by atoms with Crippen LogP contribution in [0.25, 0.3) is 0 Å². The number of nitrogens with one attached hydrogen (secondary N) is 2. The third-order valence-electron chi connectivity index (χ3n) is 7.59. The third kappa shape index (κ3) is 5.89. The van der Waals surface area contributed by atoms with Crippen molar-refractivity contribution in [2.24, 2.45) is 0 Å². The summed E-state index contributed by atoms with van der Waals surface area (Å²) in [7, 11) is 0. The van der Waals surface area contributed by atoms with Gasteiger partial charge in [0.05, 0.1) is 17.9 Å². The molecule has 2 N–H and O–H groups in total. The van der Waals surface area contributed by atoms with Gasteiger partial charge in [-0.1, -0.05) is 31.0 Å². The molecule has 0 bridgehead atoms. The zero-order valence-corrected chi connectivity index (χ0v) is 21.8. The number of rotatable bonds is 9. The van der Waals surface area contributed by atoms with Crippen molar-refractivity contribution >= 4 is 11.7 Å². The molecule has 2 aromatic rings. The topological polar surface area (TPSA) is 62.2 Å². The van der Waals surface area contributed by atoms with Gasteiger partial charge in [0.15, 0.2) is 5.82 Å². The number of aromatic nitrogens is 2. The lowest BCUT2D eigenvalue weighted by Gasteiger charge is -2.31. The maximum atomic E-state index is 13.2. The summed E-state index contributed by atoms with van der Waals surface area (Å²) in [6, 6.07) is 4.73. The summed E-state index contributed by atoms with van der Waals surface area (Å²) >= 11 is 0. The van der Waals surface area contributed by atoms with Gasteiger partial charge in [-0.25, -0.2) is 4.98 Å². The van der Waals surface area contributed by atoms with Gasteiger partial charge in [0.1, 0.15) is 0 Å². The third-order valence-corrected chi connectivity index (χ3v) is 7.59. The maximum Gasteiger partial charge on any atom is 0.242 e. The molecule has 0 radical (unpaired) electrons. The van der Waals surface area contributed by atoms with Crippen LogP contribution in [0.5, 0.6) is 0 Å². The first-order valence-electron chi connectivity index (χ1n) is 13.2. The Morgan fingerprint density at radius 2 is 2.00 bits per heavy atom. The number of imidazole rings is 1. The van der Waals surface area contributed by atoms with E-state index in [-0.39, 0.29) is 17.5 Å². The maximum absolute atomic E-state index is 13.2. The number of likely N-dealkylation sites (tertiary alicyclic amines) is 1. The summed E-state index contributed by atoms with van der Waals surface area (Å²) in [6.07, 6.45) is 11.4. The Balaban J connectivity index is 1.38. The van der Waals surface area contributed by atoms with Crippen molar-refractivity contribution in [3.8, 4) is 0 Å². The monoisotopic (exact) mass is 465 g/mol. The lowest BCUT2D eigenvalue weighted by atomic mass is 9.84. The van der Waals surface area contributed by atoms with Crippen LogP contribution in [0.1, 0.15) is 75.1 Å². The van der Waals surface area contributed by atoms with Crippen LogP contribution in [-0.4, -0.2) is 52.1 Å². The molecule has 6 heteroatoms. The highest BCUT2D eigenvalue weighted by Gasteiger charge is 2.28. The van der Waals surface area contributed by atoms with Gasteiger partial charge in [-0.05, 0) is 96.0 Å². The summed E-state index contributed by atoms with van der Waals surface area (Å²) in [4.78, 5) is 20.3. The van der Waals surface area contributed by atoms with Gasteiger partial charge >= 0.3 is 0 Å². The van der Waals surface area contributed by atoms with Crippen LogP contribution in [-0.2, 0) is 23.2 Å². The van der Waals surface area contributed by atoms with E-state index in [4.69, 9.17) is 0 Å². The zero-order chi connectivity index (χ0) is 24.3. The average molecular weight is 466 g/mol. The highest BCUT2D eigenvalue weighted by molar-refractivity contribution is 5.94. The first-order valence-corrected chi connectivity index (χ1v) is 13.2. The summed E-state index contributed by atoms with van der Waals surface area (Å²) in [5.74, 6) is 0.665. The molecule has 1 aromatic heterocycles.